The van der Waals surface area contributed by atoms with Crippen molar-refractivity contribution in [2.45, 2.75) is 20.0 Å². The molecule has 26 heavy (non-hydrogen) atoms. The molecule has 2 aromatic carbocycles. The lowest BCUT2D eigenvalue weighted by Gasteiger charge is -2.11. The maximum atomic E-state index is 5.79. The highest BCUT2D eigenvalue weighted by Crippen LogP contribution is 2.34. The van der Waals surface area contributed by atoms with Crippen LogP contribution in [0.25, 0.3) is 33.4 Å². The van der Waals surface area contributed by atoms with Crippen LogP contribution >= 0.6 is 0 Å². The van der Waals surface area contributed by atoms with Crippen molar-refractivity contribution >= 4 is 10.9 Å². The van der Waals surface area contributed by atoms with Crippen molar-refractivity contribution in [1.82, 2.24) is 19.7 Å². The van der Waals surface area contributed by atoms with Gasteiger partial charge < -0.3 is 4.74 Å². The number of aromatic nitrogens is 4. The Morgan fingerprint density at radius 2 is 1.77 bits per heavy atom. The minimum Gasteiger partial charge on any atom is -0.491 e. The monoisotopic (exact) mass is 344 g/mol. The molecule has 0 aliphatic carbocycles. The zero-order chi connectivity index (χ0) is 18.1. The first kappa shape index (κ1) is 16.3. The first-order valence-electron chi connectivity index (χ1n) is 8.62. The summed E-state index contributed by atoms with van der Waals surface area (Å²) in [6.45, 7) is 4.02. The Morgan fingerprint density at radius 1 is 0.962 bits per heavy atom. The number of ether oxygens (including phenoxy) is 1. The standard InChI is InChI=1S/C21H20N4O/c1-14(2)26-16-9-10-17-19(11-16)22-13-23-21(17)18-12-25(3)24-20(18)15-7-5-4-6-8-15/h4-14H,1-3H3. The number of rotatable bonds is 4. The molecule has 0 amide bonds. The number of hydrogen-bond acceptors (Lipinski definition) is 4. The molecule has 0 aliphatic rings. The fourth-order valence-electron chi connectivity index (χ4n) is 3.07. The zero-order valence-corrected chi connectivity index (χ0v) is 15.0. The molecule has 4 rings (SSSR count). The maximum Gasteiger partial charge on any atom is 0.121 e. The summed E-state index contributed by atoms with van der Waals surface area (Å²) in [5.41, 5.74) is 4.70. The second-order valence-electron chi connectivity index (χ2n) is 6.50. The lowest BCUT2D eigenvalue weighted by molar-refractivity contribution is 0.242. The van der Waals surface area contributed by atoms with E-state index in [0.29, 0.717) is 0 Å². The average molecular weight is 344 g/mol. The van der Waals surface area contributed by atoms with E-state index in [1.807, 2.05) is 68.2 Å². The Labute approximate surface area is 152 Å². The summed E-state index contributed by atoms with van der Waals surface area (Å²) >= 11 is 0. The van der Waals surface area contributed by atoms with E-state index >= 15 is 0 Å². The summed E-state index contributed by atoms with van der Waals surface area (Å²) < 4.78 is 7.61. The van der Waals surface area contributed by atoms with Crippen LogP contribution in [-0.4, -0.2) is 25.9 Å². The molecule has 0 atom stereocenters. The molecule has 0 unspecified atom stereocenters. The van der Waals surface area contributed by atoms with Gasteiger partial charge in [-0.2, -0.15) is 5.10 Å². The highest BCUT2D eigenvalue weighted by Gasteiger charge is 2.16. The lowest BCUT2D eigenvalue weighted by atomic mass is 10.0. The minimum atomic E-state index is 0.122. The van der Waals surface area contributed by atoms with Crippen LogP contribution in [0.1, 0.15) is 13.8 Å². The first-order chi connectivity index (χ1) is 12.6. The van der Waals surface area contributed by atoms with Gasteiger partial charge in [0, 0.05) is 35.8 Å². The molecule has 0 N–H and O–H groups in total. The summed E-state index contributed by atoms with van der Waals surface area (Å²) in [6, 6.07) is 16.1. The molecule has 0 saturated carbocycles. The Morgan fingerprint density at radius 3 is 2.54 bits per heavy atom. The van der Waals surface area contributed by atoms with Gasteiger partial charge in [0.05, 0.1) is 17.3 Å². The molecule has 0 aliphatic heterocycles. The maximum absolute atomic E-state index is 5.79. The number of hydrogen-bond donors (Lipinski definition) is 0. The molecule has 0 fully saturated rings. The van der Waals surface area contributed by atoms with Crippen molar-refractivity contribution in [2.24, 2.45) is 7.05 Å². The Hall–Kier alpha value is -3.21. The normalized spacial score (nSPS) is 11.2. The third-order valence-electron chi connectivity index (χ3n) is 4.11. The van der Waals surface area contributed by atoms with E-state index in [1.54, 1.807) is 6.33 Å². The van der Waals surface area contributed by atoms with Crippen LogP contribution in [0.3, 0.4) is 0 Å². The molecule has 130 valence electrons. The SMILES string of the molecule is CC(C)Oc1ccc2c(-c3cn(C)nc3-c3ccccc3)ncnc2c1. The fraction of sp³-hybridized carbons (Fsp3) is 0.190. The van der Waals surface area contributed by atoms with E-state index in [0.717, 1.165) is 39.2 Å². The minimum absolute atomic E-state index is 0.122. The molecule has 4 aromatic rings. The molecule has 5 nitrogen and oxygen atoms in total. The van der Waals surface area contributed by atoms with Gasteiger partial charge in [-0.15, -0.1) is 0 Å². The van der Waals surface area contributed by atoms with Crippen molar-refractivity contribution in [2.75, 3.05) is 0 Å². The van der Waals surface area contributed by atoms with Gasteiger partial charge in [-0.1, -0.05) is 30.3 Å². The third kappa shape index (κ3) is 3.04. The van der Waals surface area contributed by atoms with Gasteiger partial charge in [-0.25, -0.2) is 9.97 Å². The summed E-state index contributed by atoms with van der Waals surface area (Å²) in [5, 5.41) is 5.63. The summed E-state index contributed by atoms with van der Waals surface area (Å²) in [7, 11) is 1.92. The van der Waals surface area contributed by atoms with E-state index < -0.39 is 0 Å². The van der Waals surface area contributed by atoms with Crippen LogP contribution in [-0.2, 0) is 7.05 Å². The van der Waals surface area contributed by atoms with Gasteiger partial charge in [-0.05, 0) is 26.0 Å². The molecular weight excluding hydrogens is 324 g/mol. The van der Waals surface area contributed by atoms with Crippen molar-refractivity contribution in [1.29, 1.82) is 0 Å². The molecular formula is C21H20N4O. The second kappa shape index (κ2) is 6.59. The van der Waals surface area contributed by atoms with Gasteiger partial charge in [0.15, 0.2) is 0 Å². The highest BCUT2D eigenvalue weighted by molar-refractivity contribution is 5.96. The van der Waals surface area contributed by atoms with Crippen molar-refractivity contribution in [3.8, 4) is 28.3 Å². The topological polar surface area (TPSA) is 52.8 Å². The van der Waals surface area contributed by atoms with Crippen molar-refractivity contribution in [3.05, 3.63) is 61.1 Å². The number of nitrogens with zero attached hydrogens (tertiary/aromatic N) is 4. The van der Waals surface area contributed by atoms with Crippen LogP contribution in [0.4, 0.5) is 0 Å². The molecule has 2 aromatic heterocycles. The van der Waals surface area contributed by atoms with Gasteiger partial charge in [-0.3, -0.25) is 4.68 Å². The smallest absolute Gasteiger partial charge is 0.121 e. The average Bonchev–Trinajstić information content (AvgIpc) is 3.03. The number of aryl methyl sites for hydroxylation is 1. The van der Waals surface area contributed by atoms with Crippen molar-refractivity contribution in [3.63, 3.8) is 0 Å². The van der Waals surface area contributed by atoms with Gasteiger partial charge in [0.25, 0.3) is 0 Å². The molecule has 5 heteroatoms. The fourth-order valence-corrected chi connectivity index (χ4v) is 3.07. The Balaban J connectivity index is 1.88. The van der Waals surface area contributed by atoms with Crippen LogP contribution < -0.4 is 4.74 Å². The first-order valence-corrected chi connectivity index (χ1v) is 8.62. The summed E-state index contributed by atoms with van der Waals surface area (Å²) in [6.07, 6.45) is 3.72. The van der Waals surface area contributed by atoms with E-state index in [9.17, 15) is 0 Å². The predicted molar refractivity (Wildman–Crippen MR) is 103 cm³/mol. The van der Waals surface area contributed by atoms with E-state index in [4.69, 9.17) is 4.74 Å². The van der Waals surface area contributed by atoms with Gasteiger partial charge in [0.1, 0.15) is 17.8 Å². The second-order valence-corrected chi connectivity index (χ2v) is 6.50. The van der Waals surface area contributed by atoms with Crippen LogP contribution in [0.2, 0.25) is 0 Å². The van der Waals surface area contributed by atoms with Gasteiger partial charge in [0.2, 0.25) is 0 Å². The largest absolute Gasteiger partial charge is 0.491 e. The lowest BCUT2D eigenvalue weighted by Crippen LogP contribution is -2.05. The van der Waals surface area contributed by atoms with Crippen LogP contribution in [0.15, 0.2) is 61.1 Å². The number of benzene rings is 2. The van der Waals surface area contributed by atoms with Gasteiger partial charge >= 0.3 is 0 Å². The van der Waals surface area contributed by atoms with E-state index in [-0.39, 0.29) is 6.10 Å². The molecule has 0 radical (unpaired) electrons. The molecule has 2 heterocycles. The highest BCUT2D eigenvalue weighted by atomic mass is 16.5. The molecule has 0 spiro atoms. The van der Waals surface area contributed by atoms with Crippen LogP contribution in [0, 0.1) is 0 Å². The van der Waals surface area contributed by atoms with E-state index in [1.165, 1.54) is 0 Å². The zero-order valence-electron chi connectivity index (χ0n) is 15.0. The Bertz CT molecular complexity index is 1050. The molecule has 0 saturated heterocycles. The van der Waals surface area contributed by atoms with E-state index in [2.05, 4.69) is 27.2 Å². The Kier molecular flexibility index (Phi) is 4.13. The summed E-state index contributed by atoms with van der Waals surface area (Å²) in [4.78, 5) is 8.99. The quantitative estimate of drug-likeness (QED) is 0.547. The predicted octanol–water partition coefficient (Wildman–Crippen LogP) is 4.48. The van der Waals surface area contributed by atoms with Crippen molar-refractivity contribution < 1.29 is 4.74 Å². The third-order valence-corrected chi connectivity index (χ3v) is 4.11. The van der Waals surface area contributed by atoms with Crippen LogP contribution in [0.5, 0.6) is 5.75 Å². The summed E-state index contributed by atoms with van der Waals surface area (Å²) in [5.74, 6) is 0.812. The molecule has 0 bridgehead atoms. The number of fused-ring (bicyclic) bond motifs is 1.